The zero-order chi connectivity index (χ0) is 12.3. The second-order valence-corrected chi connectivity index (χ2v) is 5.81. The molecule has 0 radical (unpaired) electrons. The molecular formula is C12H11BrClNOS. The standard InChI is InChI=1S/C12H11BrClNOS/c13-9-6-8(14)3-4-10(9)15-7-11(16)12-2-1-5-17-12/h1-6,11,15-16H,7H2. The summed E-state index contributed by atoms with van der Waals surface area (Å²) >= 11 is 10.8. The van der Waals surface area contributed by atoms with Crippen molar-refractivity contribution in [2.75, 3.05) is 11.9 Å². The van der Waals surface area contributed by atoms with Crippen LogP contribution in [0.2, 0.25) is 5.02 Å². The highest BCUT2D eigenvalue weighted by Gasteiger charge is 2.09. The van der Waals surface area contributed by atoms with E-state index in [1.807, 2.05) is 35.7 Å². The Hall–Kier alpha value is -0.550. The van der Waals surface area contributed by atoms with Gasteiger partial charge in [0.1, 0.15) is 6.10 Å². The number of aliphatic hydroxyl groups is 1. The average molecular weight is 333 g/mol. The number of benzene rings is 1. The minimum Gasteiger partial charge on any atom is -0.386 e. The molecule has 0 saturated heterocycles. The number of anilines is 1. The minimum atomic E-state index is -0.488. The molecule has 17 heavy (non-hydrogen) atoms. The number of aliphatic hydroxyl groups excluding tert-OH is 1. The van der Waals surface area contributed by atoms with Crippen LogP contribution in [0.15, 0.2) is 40.2 Å². The highest BCUT2D eigenvalue weighted by Crippen LogP contribution is 2.27. The van der Waals surface area contributed by atoms with Gasteiger partial charge < -0.3 is 10.4 Å². The van der Waals surface area contributed by atoms with Crippen molar-refractivity contribution >= 4 is 44.6 Å². The molecule has 1 aromatic heterocycles. The monoisotopic (exact) mass is 331 g/mol. The van der Waals surface area contributed by atoms with Gasteiger partial charge in [-0.05, 0) is 45.6 Å². The molecule has 1 atom stereocenters. The first-order valence-corrected chi connectivity index (χ1v) is 7.12. The summed E-state index contributed by atoms with van der Waals surface area (Å²) in [7, 11) is 0. The molecule has 1 unspecified atom stereocenters. The van der Waals surface area contributed by atoms with E-state index in [4.69, 9.17) is 11.6 Å². The van der Waals surface area contributed by atoms with Crippen LogP contribution in [-0.2, 0) is 0 Å². The Bertz CT molecular complexity index is 489. The summed E-state index contributed by atoms with van der Waals surface area (Å²) in [6.07, 6.45) is -0.488. The number of hydrogen-bond donors (Lipinski definition) is 2. The highest BCUT2D eigenvalue weighted by molar-refractivity contribution is 9.10. The third kappa shape index (κ3) is 3.45. The lowest BCUT2D eigenvalue weighted by Gasteiger charge is -2.12. The van der Waals surface area contributed by atoms with Crippen LogP contribution in [0.3, 0.4) is 0 Å². The zero-order valence-electron chi connectivity index (χ0n) is 8.86. The molecule has 2 aromatic rings. The van der Waals surface area contributed by atoms with Gasteiger partial charge in [-0.25, -0.2) is 0 Å². The van der Waals surface area contributed by atoms with Crippen LogP contribution in [0.4, 0.5) is 5.69 Å². The van der Waals surface area contributed by atoms with Crippen molar-refractivity contribution in [3.05, 3.63) is 50.1 Å². The van der Waals surface area contributed by atoms with Crippen LogP contribution >= 0.6 is 38.9 Å². The maximum absolute atomic E-state index is 9.92. The van der Waals surface area contributed by atoms with Crippen LogP contribution in [0.25, 0.3) is 0 Å². The van der Waals surface area contributed by atoms with E-state index in [1.165, 1.54) is 0 Å². The van der Waals surface area contributed by atoms with E-state index >= 15 is 0 Å². The molecule has 0 fully saturated rings. The van der Waals surface area contributed by atoms with Crippen molar-refractivity contribution in [3.63, 3.8) is 0 Å². The van der Waals surface area contributed by atoms with Crippen LogP contribution < -0.4 is 5.32 Å². The molecule has 1 aromatic carbocycles. The largest absolute Gasteiger partial charge is 0.386 e. The fraction of sp³-hybridized carbons (Fsp3) is 0.167. The van der Waals surface area contributed by atoms with Gasteiger partial charge in [-0.1, -0.05) is 17.7 Å². The van der Waals surface area contributed by atoms with Gasteiger partial charge in [-0.3, -0.25) is 0 Å². The molecule has 2 nitrogen and oxygen atoms in total. The second kappa shape index (κ2) is 5.87. The first-order chi connectivity index (χ1) is 8.16. The lowest BCUT2D eigenvalue weighted by molar-refractivity contribution is 0.195. The summed E-state index contributed by atoms with van der Waals surface area (Å²) in [5.41, 5.74) is 0.921. The Morgan fingerprint density at radius 1 is 1.41 bits per heavy atom. The van der Waals surface area contributed by atoms with Crippen molar-refractivity contribution in [3.8, 4) is 0 Å². The van der Waals surface area contributed by atoms with Crippen molar-refractivity contribution in [2.24, 2.45) is 0 Å². The van der Waals surface area contributed by atoms with Crippen molar-refractivity contribution in [2.45, 2.75) is 6.10 Å². The highest BCUT2D eigenvalue weighted by atomic mass is 79.9. The van der Waals surface area contributed by atoms with Crippen LogP contribution in [-0.4, -0.2) is 11.7 Å². The van der Waals surface area contributed by atoms with Crippen LogP contribution in [0.1, 0.15) is 11.0 Å². The molecule has 1 heterocycles. The molecule has 90 valence electrons. The lowest BCUT2D eigenvalue weighted by atomic mass is 10.2. The maximum atomic E-state index is 9.92. The number of hydrogen-bond acceptors (Lipinski definition) is 3. The van der Waals surface area contributed by atoms with Gasteiger partial charge in [-0.2, -0.15) is 0 Å². The van der Waals surface area contributed by atoms with E-state index < -0.39 is 6.10 Å². The van der Waals surface area contributed by atoms with Gasteiger partial charge in [0.05, 0.1) is 0 Å². The Morgan fingerprint density at radius 3 is 2.88 bits per heavy atom. The number of rotatable bonds is 4. The number of thiophene rings is 1. The smallest absolute Gasteiger partial charge is 0.105 e. The number of halogens is 2. The zero-order valence-corrected chi connectivity index (χ0v) is 12.0. The van der Waals surface area contributed by atoms with E-state index in [-0.39, 0.29) is 0 Å². The van der Waals surface area contributed by atoms with Crippen LogP contribution in [0.5, 0.6) is 0 Å². The summed E-state index contributed by atoms with van der Waals surface area (Å²) in [5.74, 6) is 0. The molecule has 0 aliphatic carbocycles. The Balaban J connectivity index is 1.98. The summed E-state index contributed by atoms with van der Waals surface area (Å²) in [4.78, 5) is 0.961. The Labute approximate surface area is 117 Å². The third-order valence-corrected chi connectivity index (χ3v) is 4.15. The first kappa shape index (κ1) is 12.9. The van der Waals surface area contributed by atoms with Gasteiger partial charge in [-0.15, -0.1) is 11.3 Å². The van der Waals surface area contributed by atoms with Gasteiger partial charge >= 0.3 is 0 Å². The topological polar surface area (TPSA) is 32.3 Å². The molecule has 0 bridgehead atoms. The van der Waals surface area contributed by atoms with E-state index in [0.29, 0.717) is 11.6 Å². The molecule has 5 heteroatoms. The van der Waals surface area contributed by atoms with Gasteiger partial charge in [0, 0.05) is 26.6 Å². The fourth-order valence-corrected chi connectivity index (χ4v) is 2.96. The van der Waals surface area contributed by atoms with E-state index in [1.54, 1.807) is 11.3 Å². The van der Waals surface area contributed by atoms with E-state index in [0.717, 1.165) is 15.0 Å². The Kier molecular flexibility index (Phi) is 4.45. The summed E-state index contributed by atoms with van der Waals surface area (Å²) in [6, 6.07) is 9.37. The SMILES string of the molecule is OC(CNc1ccc(Cl)cc1Br)c1cccs1. The molecule has 0 aliphatic rings. The molecule has 0 saturated carbocycles. The predicted octanol–water partition coefficient (Wildman–Crippen LogP) is 4.31. The second-order valence-electron chi connectivity index (χ2n) is 3.54. The quantitative estimate of drug-likeness (QED) is 0.874. The molecule has 0 spiro atoms. The fourth-order valence-electron chi connectivity index (χ4n) is 1.42. The molecular weight excluding hydrogens is 322 g/mol. The Morgan fingerprint density at radius 2 is 2.24 bits per heavy atom. The predicted molar refractivity (Wildman–Crippen MR) is 76.9 cm³/mol. The van der Waals surface area contributed by atoms with Gasteiger partial charge in [0.25, 0.3) is 0 Å². The molecule has 0 aliphatic heterocycles. The molecule has 2 rings (SSSR count). The first-order valence-electron chi connectivity index (χ1n) is 5.07. The maximum Gasteiger partial charge on any atom is 0.105 e. The van der Waals surface area contributed by atoms with Crippen molar-refractivity contribution in [1.29, 1.82) is 0 Å². The van der Waals surface area contributed by atoms with Gasteiger partial charge in [0.15, 0.2) is 0 Å². The van der Waals surface area contributed by atoms with Crippen molar-refractivity contribution < 1.29 is 5.11 Å². The van der Waals surface area contributed by atoms with E-state index in [2.05, 4.69) is 21.2 Å². The number of nitrogens with one attached hydrogen (secondary N) is 1. The van der Waals surface area contributed by atoms with Crippen molar-refractivity contribution in [1.82, 2.24) is 0 Å². The third-order valence-electron chi connectivity index (χ3n) is 2.29. The molecule has 2 N–H and O–H groups in total. The summed E-state index contributed by atoms with van der Waals surface area (Å²) in [5, 5.41) is 15.7. The normalized spacial score (nSPS) is 12.4. The van der Waals surface area contributed by atoms with Crippen LogP contribution in [0, 0.1) is 0 Å². The lowest BCUT2D eigenvalue weighted by Crippen LogP contribution is -2.11. The summed E-state index contributed by atoms with van der Waals surface area (Å²) < 4.78 is 0.892. The minimum absolute atomic E-state index is 0.473. The van der Waals surface area contributed by atoms with E-state index in [9.17, 15) is 5.11 Å². The summed E-state index contributed by atoms with van der Waals surface area (Å²) in [6.45, 7) is 0.473. The average Bonchev–Trinajstić information content (AvgIpc) is 2.81. The van der Waals surface area contributed by atoms with Gasteiger partial charge in [0.2, 0.25) is 0 Å². The molecule has 0 amide bonds.